The lowest BCUT2D eigenvalue weighted by atomic mass is 9.77. The summed E-state index contributed by atoms with van der Waals surface area (Å²) in [5, 5.41) is 19.2. The summed E-state index contributed by atoms with van der Waals surface area (Å²) < 4.78 is 0. The SMILES string of the molecule is CC(C)=CCC/C(C)=C/CC(C/C=C(\C)CCC=C(C)C)(CC(=O)O)C(=O)O. The van der Waals surface area contributed by atoms with Crippen LogP contribution < -0.4 is 0 Å². The minimum Gasteiger partial charge on any atom is -0.481 e. The standard InChI is InChI=1S/C24H38O4/c1-18(2)9-7-11-20(5)13-15-24(23(27)28,17-22(25)26)16-14-21(6)12-8-10-19(3)4/h9-10,13-14H,7-8,11-12,15-17H2,1-6H3,(H,25,26)(H,27,28)/b20-13+,21-14+. The van der Waals surface area contributed by atoms with Crippen LogP contribution in [0.5, 0.6) is 0 Å². The van der Waals surface area contributed by atoms with E-state index in [1.165, 1.54) is 11.1 Å². The van der Waals surface area contributed by atoms with Crippen molar-refractivity contribution >= 4 is 11.9 Å². The second-order valence-electron chi connectivity index (χ2n) is 8.31. The maximum atomic E-state index is 12.0. The maximum absolute atomic E-state index is 12.0. The van der Waals surface area contributed by atoms with Gasteiger partial charge in [0.05, 0.1) is 11.8 Å². The second-order valence-corrected chi connectivity index (χ2v) is 8.31. The van der Waals surface area contributed by atoms with Crippen molar-refractivity contribution in [2.24, 2.45) is 5.41 Å². The van der Waals surface area contributed by atoms with Gasteiger partial charge in [-0.3, -0.25) is 9.59 Å². The van der Waals surface area contributed by atoms with Gasteiger partial charge in [-0.2, -0.15) is 0 Å². The molecular formula is C24H38O4. The third kappa shape index (κ3) is 11.6. The smallest absolute Gasteiger partial charge is 0.310 e. The Hall–Kier alpha value is -2.10. The molecule has 0 spiro atoms. The average molecular weight is 391 g/mol. The van der Waals surface area contributed by atoms with E-state index >= 15 is 0 Å². The van der Waals surface area contributed by atoms with E-state index in [1.54, 1.807) is 0 Å². The molecule has 0 bridgehead atoms. The Morgan fingerprint density at radius 3 is 1.39 bits per heavy atom. The lowest BCUT2D eigenvalue weighted by Gasteiger charge is -2.26. The van der Waals surface area contributed by atoms with Crippen LogP contribution >= 0.6 is 0 Å². The summed E-state index contributed by atoms with van der Waals surface area (Å²) in [6, 6.07) is 0. The number of carboxylic acid groups (broad SMARTS) is 2. The zero-order valence-electron chi connectivity index (χ0n) is 18.5. The predicted molar refractivity (Wildman–Crippen MR) is 116 cm³/mol. The Balaban J connectivity index is 5.31. The zero-order chi connectivity index (χ0) is 21.7. The van der Waals surface area contributed by atoms with Crippen molar-refractivity contribution in [1.29, 1.82) is 0 Å². The molecule has 0 amide bonds. The van der Waals surface area contributed by atoms with Crippen molar-refractivity contribution in [2.45, 2.75) is 86.5 Å². The first-order valence-corrected chi connectivity index (χ1v) is 10.0. The molecule has 28 heavy (non-hydrogen) atoms. The lowest BCUT2D eigenvalue weighted by molar-refractivity contribution is -0.155. The quantitative estimate of drug-likeness (QED) is 0.343. The Morgan fingerprint density at radius 2 is 1.11 bits per heavy atom. The molecule has 0 heterocycles. The third-order valence-corrected chi connectivity index (χ3v) is 4.81. The van der Waals surface area contributed by atoms with Gasteiger partial charge in [-0.05, 0) is 80.1 Å². The number of rotatable bonds is 13. The minimum atomic E-state index is -1.30. The van der Waals surface area contributed by atoms with Gasteiger partial charge in [0, 0.05) is 0 Å². The van der Waals surface area contributed by atoms with Crippen LogP contribution in [-0.4, -0.2) is 22.2 Å². The van der Waals surface area contributed by atoms with Gasteiger partial charge in [0.15, 0.2) is 0 Å². The van der Waals surface area contributed by atoms with E-state index in [2.05, 4.69) is 12.2 Å². The van der Waals surface area contributed by atoms with Gasteiger partial charge in [-0.15, -0.1) is 0 Å². The first-order chi connectivity index (χ1) is 13.0. The fourth-order valence-electron chi connectivity index (χ4n) is 2.89. The fourth-order valence-corrected chi connectivity index (χ4v) is 2.89. The molecule has 2 N–H and O–H groups in total. The molecule has 0 radical (unpaired) electrons. The van der Waals surface area contributed by atoms with Crippen LogP contribution in [0.15, 0.2) is 46.6 Å². The highest BCUT2D eigenvalue weighted by Gasteiger charge is 2.39. The molecule has 0 unspecified atom stereocenters. The van der Waals surface area contributed by atoms with Crippen LogP contribution in [0.3, 0.4) is 0 Å². The monoisotopic (exact) mass is 390 g/mol. The van der Waals surface area contributed by atoms with Gasteiger partial charge in [-0.1, -0.05) is 46.6 Å². The third-order valence-electron chi connectivity index (χ3n) is 4.81. The van der Waals surface area contributed by atoms with Crippen LogP contribution in [0.1, 0.15) is 86.5 Å². The highest BCUT2D eigenvalue weighted by Crippen LogP contribution is 2.34. The summed E-state index contributed by atoms with van der Waals surface area (Å²) in [4.78, 5) is 23.4. The van der Waals surface area contributed by atoms with Crippen LogP contribution in [0.4, 0.5) is 0 Å². The van der Waals surface area contributed by atoms with Crippen LogP contribution in [0.2, 0.25) is 0 Å². The summed E-state index contributed by atoms with van der Waals surface area (Å²) in [6.07, 6.45) is 11.7. The van der Waals surface area contributed by atoms with E-state index in [-0.39, 0.29) is 19.3 Å². The molecule has 0 rings (SSSR count). The van der Waals surface area contributed by atoms with E-state index < -0.39 is 17.4 Å². The molecule has 0 fully saturated rings. The van der Waals surface area contributed by atoms with Gasteiger partial charge in [0.1, 0.15) is 0 Å². The summed E-state index contributed by atoms with van der Waals surface area (Å²) in [5.74, 6) is -2.12. The van der Waals surface area contributed by atoms with E-state index in [0.29, 0.717) is 0 Å². The molecular weight excluding hydrogens is 352 g/mol. The molecule has 0 aliphatic heterocycles. The van der Waals surface area contributed by atoms with E-state index in [9.17, 15) is 19.8 Å². The molecule has 4 heteroatoms. The maximum Gasteiger partial charge on any atom is 0.310 e. The molecule has 0 atom stereocenters. The number of carboxylic acids is 2. The molecule has 0 saturated carbocycles. The summed E-state index contributed by atoms with van der Waals surface area (Å²) in [7, 11) is 0. The van der Waals surface area contributed by atoms with Crippen molar-refractivity contribution in [3.05, 3.63) is 46.6 Å². The van der Waals surface area contributed by atoms with Crippen molar-refractivity contribution in [1.82, 2.24) is 0 Å². The highest BCUT2D eigenvalue weighted by molar-refractivity contribution is 5.81. The van der Waals surface area contributed by atoms with E-state index in [1.807, 2.05) is 53.7 Å². The molecule has 0 aromatic carbocycles. The molecule has 0 aromatic rings. The molecule has 0 aliphatic rings. The molecule has 0 saturated heterocycles. The van der Waals surface area contributed by atoms with Gasteiger partial charge in [0.2, 0.25) is 0 Å². The van der Waals surface area contributed by atoms with Crippen molar-refractivity contribution < 1.29 is 19.8 Å². The van der Waals surface area contributed by atoms with Gasteiger partial charge in [0.25, 0.3) is 0 Å². The van der Waals surface area contributed by atoms with E-state index in [0.717, 1.165) is 36.8 Å². The Morgan fingerprint density at radius 1 is 0.714 bits per heavy atom. The van der Waals surface area contributed by atoms with Crippen molar-refractivity contribution in [3.63, 3.8) is 0 Å². The van der Waals surface area contributed by atoms with Gasteiger partial charge < -0.3 is 10.2 Å². The number of allylic oxidation sites excluding steroid dienone is 8. The van der Waals surface area contributed by atoms with Crippen molar-refractivity contribution in [3.8, 4) is 0 Å². The van der Waals surface area contributed by atoms with Crippen LogP contribution in [-0.2, 0) is 9.59 Å². The molecule has 158 valence electrons. The number of aliphatic carboxylic acids is 2. The molecule has 0 aliphatic carbocycles. The first-order valence-electron chi connectivity index (χ1n) is 10.0. The largest absolute Gasteiger partial charge is 0.481 e. The highest BCUT2D eigenvalue weighted by atomic mass is 16.4. The average Bonchev–Trinajstić information content (AvgIpc) is 2.56. The molecule has 0 aromatic heterocycles. The fraction of sp³-hybridized carbons (Fsp3) is 0.583. The number of hydrogen-bond acceptors (Lipinski definition) is 2. The summed E-state index contributed by atoms with van der Waals surface area (Å²) in [6.45, 7) is 12.2. The normalized spacial score (nSPS) is 14.2. The van der Waals surface area contributed by atoms with Crippen molar-refractivity contribution in [2.75, 3.05) is 0 Å². The summed E-state index contributed by atoms with van der Waals surface area (Å²) >= 11 is 0. The predicted octanol–water partition coefficient (Wildman–Crippen LogP) is 6.70. The lowest BCUT2D eigenvalue weighted by Crippen LogP contribution is -2.33. The Kier molecular flexibility index (Phi) is 12.2. The van der Waals surface area contributed by atoms with E-state index in [4.69, 9.17) is 0 Å². The van der Waals surface area contributed by atoms with Gasteiger partial charge in [-0.25, -0.2) is 0 Å². The number of hydrogen-bond donors (Lipinski definition) is 2. The Labute approximate surface area is 170 Å². The minimum absolute atomic E-state index is 0.229. The second kappa shape index (κ2) is 13.1. The van der Waals surface area contributed by atoms with Crippen LogP contribution in [0, 0.1) is 5.41 Å². The first kappa shape index (κ1) is 25.9. The number of carbonyl (C=O) groups is 2. The zero-order valence-corrected chi connectivity index (χ0v) is 18.5. The Bertz CT molecular complexity index is 600. The van der Waals surface area contributed by atoms with Crippen LogP contribution in [0.25, 0.3) is 0 Å². The topological polar surface area (TPSA) is 74.6 Å². The summed E-state index contributed by atoms with van der Waals surface area (Å²) in [5.41, 5.74) is 3.40. The van der Waals surface area contributed by atoms with Gasteiger partial charge >= 0.3 is 11.9 Å². The molecule has 4 nitrogen and oxygen atoms in total.